The minimum atomic E-state index is -0.298. The van der Waals surface area contributed by atoms with Gasteiger partial charge in [0.15, 0.2) is 0 Å². The van der Waals surface area contributed by atoms with Crippen molar-refractivity contribution >= 4 is 15.9 Å². The second-order valence-corrected chi connectivity index (χ2v) is 6.64. The number of aliphatic hydroxyl groups excluding tert-OH is 1. The summed E-state index contributed by atoms with van der Waals surface area (Å²) >= 11 is 3.61. The van der Waals surface area contributed by atoms with Gasteiger partial charge in [0.2, 0.25) is 0 Å². The van der Waals surface area contributed by atoms with E-state index >= 15 is 0 Å². The Morgan fingerprint density at radius 3 is 2.76 bits per heavy atom. The number of aliphatic hydroxyl groups is 1. The van der Waals surface area contributed by atoms with Crippen LogP contribution >= 0.6 is 15.9 Å². The molecule has 1 heterocycles. The lowest BCUT2D eigenvalue weighted by atomic mass is 10.0. The van der Waals surface area contributed by atoms with E-state index in [0.717, 1.165) is 28.8 Å². The van der Waals surface area contributed by atoms with Crippen LogP contribution < -0.4 is 0 Å². The van der Waals surface area contributed by atoms with Crippen molar-refractivity contribution in [3.8, 4) is 0 Å². The van der Waals surface area contributed by atoms with E-state index in [1.807, 2.05) is 17.7 Å². The van der Waals surface area contributed by atoms with Crippen molar-refractivity contribution in [1.29, 1.82) is 0 Å². The molecule has 1 aromatic carbocycles. The molecule has 3 unspecified atom stereocenters. The van der Waals surface area contributed by atoms with Crippen LogP contribution in [0.1, 0.15) is 36.2 Å². The average molecular weight is 349 g/mol. The molecule has 0 aliphatic heterocycles. The largest absolute Gasteiger partial charge is 0.392 e. The van der Waals surface area contributed by atoms with Crippen molar-refractivity contribution in [2.24, 2.45) is 5.92 Å². The minimum Gasteiger partial charge on any atom is -0.392 e. The monoisotopic (exact) mass is 348 g/mol. The van der Waals surface area contributed by atoms with Gasteiger partial charge >= 0.3 is 0 Å². The van der Waals surface area contributed by atoms with Crippen LogP contribution in [0.3, 0.4) is 0 Å². The molecule has 0 spiro atoms. The number of rotatable bonds is 5. The fourth-order valence-electron chi connectivity index (χ4n) is 3.14. The third kappa shape index (κ3) is 2.92. The Hall–Kier alpha value is -1.13. The molecule has 0 amide bonds. The molecule has 0 bridgehead atoms. The molecule has 21 heavy (non-hydrogen) atoms. The second-order valence-electron chi connectivity index (χ2n) is 5.85. The Kier molecular flexibility index (Phi) is 4.18. The molecule has 1 aromatic heterocycles. The smallest absolute Gasteiger partial charge is 0.0738 e. The predicted molar refractivity (Wildman–Crippen MR) is 87.3 cm³/mol. The molecule has 0 radical (unpaired) electrons. The van der Waals surface area contributed by atoms with E-state index in [0.29, 0.717) is 18.3 Å². The van der Waals surface area contributed by atoms with Crippen LogP contribution in [-0.2, 0) is 13.0 Å². The van der Waals surface area contributed by atoms with Crippen LogP contribution in [-0.4, -0.2) is 21.0 Å². The molecule has 1 aliphatic rings. The zero-order valence-electron chi connectivity index (χ0n) is 12.5. The number of aryl methyl sites for hydroxylation is 2. The molecule has 3 atom stereocenters. The molecule has 3 nitrogen and oxygen atoms in total. The Morgan fingerprint density at radius 1 is 1.38 bits per heavy atom. The van der Waals surface area contributed by atoms with E-state index in [-0.39, 0.29) is 6.10 Å². The highest BCUT2D eigenvalue weighted by Crippen LogP contribution is 2.50. The fourth-order valence-corrected chi connectivity index (χ4v) is 3.58. The topological polar surface area (TPSA) is 38.0 Å². The van der Waals surface area contributed by atoms with Crippen LogP contribution in [0, 0.1) is 12.8 Å². The Labute approximate surface area is 134 Å². The molecule has 0 saturated heterocycles. The van der Waals surface area contributed by atoms with Gasteiger partial charge in [-0.15, -0.1) is 0 Å². The predicted octanol–water partition coefficient (Wildman–Crippen LogP) is 3.68. The molecular formula is C17H21BrN2O. The van der Waals surface area contributed by atoms with E-state index in [9.17, 15) is 5.11 Å². The Morgan fingerprint density at radius 2 is 2.10 bits per heavy atom. The number of halogens is 1. The summed E-state index contributed by atoms with van der Waals surface area (Å²) in [5.41, 5.74) is 3.46. The van der Waals surface area contributed by atoms with Crippen molar-refractivity contribution in [3.05, 3.63) is 51.8 Å². The Bertz CT molecular complexity index is 623. The lowest BCUT2D eigenvalue weighted by molar-refractivity contribution is 0.146. The van der Waals surface area contributed by atoms with E-state index in [2.05, 4.69) is 52.2 Å². The first-order valence-electron chi connectivity index (χ1n) is 7.56. The first-order valence-corrected chi connectivity index (χ1v) is 8.36. The van der Waals surface area contributed by atoms with Gasteiger partial charge in [-0.05, 0) is 53.6 Å². The number of hydrogen-bond acceptors (Lipinski definition) is 2. The summed E-state index contributed by atoms with van der Waals surface area (Å²) in [4.78, 5) is 0. The van der Waals surface area contributed by atoms with Gasteiger partial charge in [0.25, 0.3) is 0 Å². The summed E-state index contributed by atoms with van der Waals surface area (Å²) < 4.78 is 3.03. The van der Waals surface area contributed by atoms with Gasteiger partial charge in [-0.1, -0.05) is 30.3 Å². The summed E-state index contributed by atoms with van der Waals surface area (Å²) in [6, 6.07) is 10.5. The summed E-state index contributed by atoms with van der Waals surface area (Å²) in [7, 11) is 0. The SMILES string of the molecule is CCn1nc(C)c(Br)c1CC(O)C1CC1c1ccccc1. The van der Waals surface area contributed by atoms with E-state index < -0.39 is 0 Å². The van der Waals surface area contributed by atoms with Crippen molar-refractivity contribution in [3.63, 3.8) is 0 Å². The third-order valence-corrected chi connectivity index (χ3v) is 5.45. The standard InChI is InChI=1S/C17H21BrN2O/c1-3-20-15(17(18)11(2)19-20)10-16(21)14-9-13(14)12-7-5-4-6-8-12/h4-8,13-14,16,21H,3,9-10H2,1-2H3. The van der Waals surface area contributed by atoms with Gasteiger partial charge in [-0.3, -0.25) is 4.68 Å². The summed E-state index contributed by atoms with van der Waals surface area (Å²) in [6.07, 6.45) is 1.46. The van der Waals surface area contributed by atoms with Crippen LogP contribution in [0.15, 0.2) is 34.8 Å². The van der Waals surface area contributed by atoms with Crippen LogP contribution in [0.5, 0.6) is 0 Å². The maximum absolute atomic E-state index is 10.6. The van der Waals surface area contributed by atoms with Gasteiger partial charge in [0, 0.05) is 13.0 Å². The van der Waals surface area contributed by atoms with Crippen LogP contribution in [0.2, 0.25) is 0 Å². The molecule has 1 fully saturated rings. The quantitative estimate of drug-likeness (QED) is 0.894. The summed E-state index contributed by atoms with van der Waals surface area (Å²) in [5, 5.41) is 15.1. The lowest BCUT2D eigenvalue weighted by Crippen LogP contribution is -2.17. The number of hydrogen-bond donors (Lipinski definition) is 1. The first kappa shape index (κ1) is 14.8. The summed E-state index contributed by atoms with van der Waals surface area (Å²) in [5.74, 6) is 0.888. The van der Waals surface area contributed by atoms with Gasteiger partial charge in [0.05, 0.1) is 22.0 Å². The number of aromatic nitrogens is 2. The highest BCUT2D eigenvalue weighted by molar-refractivity contribution is 9.10. The normalized spacial score (nSPS) is 22.3. The van der Waals surface area contributed by atoms with Gasteiger partial charge in [-0.25, -0.2) is 0 Å². The zero-order chi connectivity index (χ0) is 15.0. The fraction of sp³-hybridized carbons (Fsp3) is 0.471. The van der Waals surface area contributed by atoms with Crippen LogP contribution in [0.4, 0.5) is 0 Å². The Balaban J connectivity index is 1.70. The second kappa shape index (κ2) is 5.93. The third-order valence-electron chi connectivity index (χ3n) is 4.42. The molecular weight excluding hydrogens is 328 g/mol. The minimum absolute atomic E-state index is 0.298. The molecule has 1 N–H and O–H groups in total. The molecule has 1 aliphatic carbocycles. The van der Waals surface area contributed by atoms with Crippen molar-refractivity contribution < 1.29 is 5.11 Å². The summed E-state index contributed by atoms with van der Waals surface area (Å²) in [6.45, 7) is 4.91. The maximum Gasteiger partial charge on any atom is 0.0738 e. The van der Waals surface area contributed by atoms with E-state index in [1.54, 1.807) is 0 Å². The van der Waals surface area contributed by atoms with Gasteiger partial charge in [0.1, 0.15) is 0 Å². The number of benzene rings is 1. The molecule has 1 saturated carbocycles. The average Bonchev–Trinajstić information content (AvgIpc) is 3.26. The van der Waals surface area contributed by atoms with Gasteiger partial charge in [-0.2, -0.15) is 5.10 Å². The number of nitrogens with zero attached hydrogens (tertiary/aromatic N) is 2. The van der Waals surface area contributed by atoms with Gasteiger partial charge < -0.3 is 5.11 Å². The highest BCUT2D eigenvalue weighted by atomic mass is 79.9. The van der Waals surface area contributed by atoms with Crippen molar-refractivity contribution in [2.75, 3.05) is 0 Å². The zero-order valence-corrected chi connectivity index (χ0v) is 14.0. The molecule has 3 rings (SSSR count). The first-order chi connectivity index (χ1) is 10.1. The van der Waals surface area contributed by atoms with Crippen molar-refractivity contribution in [2.45, 2.75) is 45.3 Å². The maximum atomic E-state index is 10.6. The lowest BCUT2D eigenvalue weighted by Gasteiger charge is -2.12. The van der Waals surface area contributed by atoms with Crippen molar-refractivity contribution in [1.82, 2.24) is 9.78 Å². The highest BCUT2D eigenvalue weighted by Gasteiger charge is 2.43. The molecule has 112 valence electrons. The molecule has 4 heteroatoms. The van der Waals surface area contributed by atoms with E-state index in [4.69, 9.17) is 0 Å². The van der Waals surface area contributed by atoms with Crippen LogP contribution in [0.25, 0.3) is 0 Å². The molecule has 2 aromatic rings. The van der Waals surface area contributed by atoms with E-state index in [1.165, 1.54) is 5.56 Å².